The number of nitrogens with one attached hydrogen (secondary N) is 3. The van der Waals surface area contributed by atoms with Gasteiger partial charge in [0.15, 0.2) is 0 Å². The number of fused-ring (bicyclic) bond motifs is 1. The van der Waals surface area contributed by atoms with Crippen LogP contribution in [0.25, 0.3) is 5.65 Å². The number of hydrogen-bond acceptors (Lipinski definition) is 3. The molecule has 0 radical (unpaired) electrons. The first-order valence-electron chi connectivity index (χ1n) is 6.19. The fourth-order valence-electron chi connectivity index (χ4n) is 1.95. The second kappa shape index (κ2) is 5.04. The van der Waals surface area contributed by atoms with Gasteiger partial charge in [0.25, 0.3) is 0 Å². The lowest BCUT2D eigenvalue weighted by Crippen LogP contribution is -2.28. The SMILES string of the molecule is Cc1cccc2nc(CNC(=O)Nc3cn[nH]c3)cn12. The maximum atomic E-state index is 11.7. The van der Waals surface area contributed by atoms with Crippen molar-refractivity contribution in [3.63, 3.8) is 0 Å². The van der Waals surface area contributed by atoms with Gasteiger partial charge in [-0.25, -0.2) is 9.78 Å². The molecule has 0 atom stereocenters. The van der Waals surface area contributed by atoms with Crippen molar-refractivity contribution in [3.8, 4) is 0 Å². The fourth-order valence-corrected chi connectivity index (χ4v) is 1.95. The van der Waals surface area contributed by atoms with Gasteiger partial charge < -0.3 is 15.0 Å². The highest BCUT2D eigenvalue weighted by Gasteiger charge is 2.06. The summed E-state index contributed by atoms with van der Waals surface area (Å²) in [5, 5.41) is 11.8. The molecule has 20 heavy (non-hydrogen) atoms. The summed E-state index contributed by atoms with van der Waals surface area (Å²) in [6.07, 6.45) is 5.06. The molecule has 0 unspecified atom stereocenters. The van der Waals surface area contributed by atoms with Crippen molar-refractivity contribution in [3.05, 3.63) is 48.2 Å². The van der Waals surface area contributed by atoms with Gasteiger partial charge in [-0.05, 0) is 19.1 Å². The van der Waals surface area contributed by atoms with Crippen LogP contribution in [0.5, 0.6) is 0 Å². The monoisotopic (exact) mass is 270 g/mol. The lowest BCUT2D eigenvalue weighted by atomic mass is 10.4. The number of aryl methyl sites for hydroxylation is 1. The number of aromatic nitrogens is 4. The van der Waals surface area contributed by atoms with Crippen molar-refractivity contribution in [2.24, 2.45) is 0 Å². The molecule has 3 aromatic heterocycles. The van der Waals surface area contributed by atoms with E-state index in [2.05, 4.69) is 25.8 Å². The average molecular weight is 270 g/mol. The molecule has 3 rings (SSSR count). The molecule has 0 aliphatic heterocycles. The minimum Gasteiger partial charge on any atom is -0.332 e. The van der Waals surface area contributed by atoms with Crippen LogP contribution in [0.15, 0.2) is 36.8 Å². The minimum atomic E-state index is -0.292. The first-order valence-corrected chi connectivity index (χ1v) is 6.19. The topological polar surface area (TPSA) is 87.1 Å². The number of carbonyl (C=O) groups is 1. The number of urea groups is 1. The van der Waals surface area contributed by atoms with E-state index in [9.17, 15) is 4.79 Å². The molecular formula is C13H14N6O. The number of amides is 2. The maximum absolute atomic E-state index is 11.7. The molecule has 0 saturated heterocycles. The Morgan fingerprint density at radius 1 is 1.45 bits per heavy atom. The van der Waals surface area contributed by atoms with Gasteiger partial charge in [-0.3, -0.25) is 5.10 Å². The molecule has 3 heterocycles. The van der Waals surface area contributed by atoms with Crippen LogP contribution in [0.4, 0.5) is 10.5 Å². The molecule has 0 bridgehead atoms. The number of nitrogens with zero attached hydrogens (tertiary/aromatic N) is 3. The molecule has 0 aromatic carbocycles. The lowest BCUT2D eigenvalue weighted by Gasteiger charge is -2.03. The van der Waals surface area contributed by atoms with E-state index in [1.54, 1.807) is 6.20 Å². The van der Waals surface area contributed by atoms with Crippen LogP contribution in [0.3, 0.4) is 0 Å². The molecule has 0 fully saturated rings. The highest BCUT2D eigenvalue weighted by molar-refractivity contribution is 5.88. The largest absolute Gasteiger partial charge is 0.332 e. The summed E-state index contributed by atoms with van der Waals surface area (Å²) < 4.78 is 1.99. The molecular weight excluding hydrogens is 256 g/mol. The summed E-state index contributed by atoms with van der Waals surface area (Å²) in [4.78, 5) is 16.1. The number of hydrogen-bond donors (Lipinski definition) is 3. The Hall–Kier alpha value is -2.83. The second-order valence-corrected chi connectivity index (χ2v) is 4.42. The number of H-pyrrole nitrogens is 1. The van der Waals surface area contributed by atoms with Crippen molar-refractivity contribution < 1.29 is 4.79 Å². The van der Waals surface area contributed by atoms with Gasteiger partial charge in [0.1, 0.15) is 5.65 Å². The molecule has 7 heteroatoms. The number of aromatic amines is 1. The van der Waals surface area contributed by atoms with Gasteiger partial charge in [-0.2, -0.15) is 5.10 Å². The Morgan fingerprint density at radius 2 is 2.35 bits per heavy atom. The van der Waals surface area contributed by atoms with Crippen molar-refractivity contribution in [1.29, 1.82) is 0 Å². The average Bonchev–Trinajstić information content (AvgIpc) is 3.06. The predicted molar refractivity (Wildman–Crippen MR) is 74.4 cm³/mol. The summed E-state index contributed by atoms with van der Waals surface area (Å²) in [5.74, 6) is 0. The quantitative estimate of drug-likeness (QED) is 0.676. The van der Waals surface area contributed by atoms with Crippen LogP contribution in [-0.4, -0.2) is 25.6 Å². The molecule has 3 N–H and O–H groups in total. The highest BCUT2D eigenvalue weighted by atomic mass is 16.2. The molecule has 3 aromatic rings. The molecule has 0 aliphatic carbocycles. The Balaban J connectivity index is 1.65. The Labute approximate surface area is 115 Å². The number of carbonyl (C=O) groups excluding carboxylic acids is 1. The van der Waals surface area contributed by atoms with Gasteiger partial charge in [0, 0.05) is 18.1 Å². The lowest BCUT2D eigenvalue weighted by molar-refractivity contribution is 0.251. The van der Waals surface area contributed by atoms with Crippen LogP contribution in [-0.2, 0) is 6.54 Å². The number of rotatable bonds is 3. The zero-order valence-electron chi connectivity index (χ0n) is 10.9. The third-order valence-corrected chi connectivity index (χ3v) is 2.93. The van der Waals surface area contributed by atoms with E-state index in [1.165, 1.54) is 6.20 Å². The van der Waals surface area contributed by atoms with E-state index in [1.807, 2.05) is 35.7 Å². The van der Waals surface area contributed by atoms with E-state index >= 15 is 0 Å². The Bertz CT molecular complexity index is 730. The smallest absolute Gasteiger partial charge is 0.319 e. The predicted octanol–water partition coefficient (Wildman–Crippen LogP) is 1.69. The second-order valence-electron chi connectivity index (χ2n) is 4.42. The van der Waals surface area contributed by atoms with Crippen molar-refractivity contribution >= 4 is 17.4 Å². The highest BCUT2D eigenvalue weighted by Crippen LogP contribution is 2.08. The Kier molecular flexibility index (Phi) is 3.08. The summed E-state index contributed by atoms with van der Waals surface area (Å²) in [6.45, 7) is 2.38. The molecule has 102 valence electrons. The first-order chi connectivity index (χ1) is 9.72. The van der Waals surface area contributed by atoms with E-state index < -0.39 is 0 Å². The van der Waals surface area contributed by atoms with Crippen LogP contribution >= 0.6 is 0 Å². The van der Waals surface area contributed by atoms with E-state index in [4.69, 9.17) is 0 Å². The third-order valence-electron chi connectivity index (χ3n) is 2.93. The summed E-state index contributed by atoms with van der Waals surface area (Å²) in [5.41, 5.74) is 3.40. The molecule has 2 amide bonds. The number of anilines is 1. The van der Waals surface area contributed by atoms with Crippen molar-refractivity contribution in [2.75, 3.05) is 5.32 Å². The van der Waals surface area contributed by atoms with Gasteiger partial charge in [0.2, 0.25) is 0 Å². The van der Waals surface area contributed by atoms with Gasteiger partial charge in [0.05, 0.1) is 24.1 Å². The number of pyridine rings is 1. The Morgan fingerprint density at radius 3 is 3.10 bits per heavy atom. The summed E-state index contributed by atoms with van der Waals surface area (Å²) in [7, 11) is 0. The standard InChI is InChI=1S/C13H14N6O/c1-9-3-2-4-12-17-11(8-19(9)12)5-14-13(20)18-10-6-15-16-7-10/h2-4,6-8H,5H2,1H3,(H,15,16)(H2,14,18,20). The van der Waals surface area contributed by atoms with Crippen molar-refractivity contribution in [1.82, 2.24) is 24.9 Å². The van der Waals surface area contributed by atoms with E-state index in [-0.39, 0.29) is 6.03 Å². The number of imidazole rings is 1. The zero-order valence-corrected chi connectivity index (χ0v) is 10.9. The van der Waals surface area contributed by atoms with Crippen LogP contribution in [0, 0.1) is 6.92 Å². The molecule has 0 saturated carbocycles. The molecule has 0 aliphatic rings. The van der Waals surface area contributed by atoms with Gasteiger partial charge in [-0.1, -0.05) is 6.07 Å². The zero-order chi connectivity index (χ0) is 13.9. The minimum absolute atomic E-state index is 0.292. The molecule has 7 nitrogen and oxygen atoms in total. The van der Waals surface area contributed by atoms with E-state index in [0.29, 0.717) is 12.2 Å². The van der Waals surface area contributed by atoms with E-state index in [0.717, 1.165) is 17.0 Å². The van der Waals surface area contributed by atoms with Crippen molar-refractivity contribution in [2.45, 2.75) is 13.5 Å². The molecule has 0 spiro atoms. The normalized spacial score (nSPS) is 10.7. The first kappa shape index (κ1) is 12.2. The van der Waals surface area contributed by atoms with Crippen LogP contribution in [0.1, 0.15) is 11.4 Å². The van der Waals surface area contributed by atoms with Crippen LogP contribution < -0.4 is 10.6 Å². The third kappa shape index (κ3) is 2.46. The van der Waals surface area contributed by atoms with Crippen LogP contribution in [0.2, 0.25) is 0 Å². The maximum Gasteiger partial charge on any atom is 0.319 e. The fraction of sp³-hybridized carbons (Fsp3) is 0.154. The summed E-state index contributed by atoms with van der Waals surface area (Å²) >= 11 is 0. The van der Waals surface area contributed by atoms with Gasteiger partial charge in [-0.15, -0.1) is 0 Å². The summed E-state index contributed by atoms with van der Waals surface area (Å²) in [6, 6.07) is 5.61. The van der Waals surface area contributed by atoms with Gasteiger partial charge >= 0.3 is 6.03 Å².